The first-order chi connectivity index (χ1) is 8.90. The highest BCUT2D eigenvalue weighted by molar-refractivity contribution is 5.76. The number of pyridine rings is 1. The summed E-state index contributed by atoms with van der Waals surface area (Å²) in [6.45, 7) is 7.72. The molecule has 0 aliphatic heterocycles. The molecule has 19 heavy (non-hydrogen) atoms. The maximum Gasteiger partial charge on any atom is 0.325 e. The molecule has 0 N–H and O–H groups in total. The number of ether oxygens (including phenoxy) is 1. The summed E-state index contributed by atoms with van der Waals surface area (Å²) in [5.74, 6) is 0.193. The summed E-state index contributed by atoms with van der Waals surface area (Å²) in [7, 11) is 1.35. The van der Waals surface area contributed by atoms with Crippen LogP contribution in [0.5, 0.6) is 0 Å². The molecule has 0 amide bonds. The average molecular weight is 261 g/mol. The predicted octanol–water partition coefficient (Wildman–Crippen LogP) is 1.96. The van der Waals surface area contributed by atoms with Gasteiger partial charge in [0.15, 0.2) is 0 Å². The van der Waals surface area contributed by atoms with E-state index in [1.807, 2.05) is 33.8 Å². The molecular weight excluding hydrogens is 242 g/mol. The number of methoxy groups -OCH3 is 1. The zero-order chi connectivity index (χ0) is 14.6. The standard InChI is InChI=1S/C14H19N3O2/c1-9(2)17(8-13(18)19-5)14-12(7-15)10(3)6-11(4)16-14/h6,9H,8H2,1-5H3. The van der Waals surface area contributed by atoms with Gasteiger partial charge in [-0.3, -0.25) is 4.79 Å². The van der Waals surface area contributed by atoms with E-state index < -0.39 is 0 Å². The van der Waals surface area contributed by atoms with Crippen molar-refractivity contribution in [2.24, 2.45) is 0 Å². The normalized spacial score (nSPS) is 10.2. The van der Waals surface area contributed by atoms with Crippen LogP contribution in [0, 0.1) is 25.2 Å². The maximum atomic E-state index is 11.5. The van der Waals surface area contributed by atoms with Crippen LogP contribution >= 0.6 is 0 Å². The fourth-order valence-corrected chi connectivity index (χ4v) is 1.87. The number of nitrogens with zero attached hydrogens (tertiary/aromatic N) is 3. The lowest BCUT2D eigenvalue weighted by Crippen LogP contribution is -2.37. The summed E-state index contributed by atoms with van der Waals surface area (Å²) < 4.78 is 4.70. The van der Waals surface area contributed by atoms with Crippen LogP contribution in [0.25, 0.3) is 0 Å². The summed E-state index contributed by atoms with van der Waals surface area (Å²) >= 11 is 0. The third kappa shape index (κ3) is 3.44. The molecule has 1 aromatic heterocycles. The minimum Gasteiger partial charge on any atom is -0.468 e. The first-order valence-corrected chi connectivity index (χ1v) is 6.12. The van der Waals surface area contributed by atoms with Crippen molar-refractivity contribution in [2.75, 3.05) is 18.6 Å². The Morgan fingerprint density at radius 3 is 2.63 bits per heavy atom. The van der Waals surface area contributed by atoms with E-state index in [9.17, 15) is 10.1 Å². The zero-order valence-electron chi connectivity index (χ0n) is 12.0. The second kappa shape index (κ2) is 6.19. The van der Waals surface area contributed by atoms with Gasteiger partial charge in [0, 0.05) is 11.7 Å². The molecular formula is C14H19N3O2. The number of nitriles is 1. The second-order valence-corrected chi connectivity index (χ2v) is 4.69. The molecule has 0 bridgehead atoms. The van der Waals surface area contributed by atoms with Crippen molar-refractivity contribution >= 4 is 11.8 Å². The summed E-state index contributed by atoms with van der Waals surface area (Å²) in [6.07, 6.45) is 0. The Hall–Kier alpha value is -2.09. The van der Waals surface area contributed by atoms with Crippen LogP contribution < -0.4 is 4.90 Å². The van der Waals surface area contributed by atoms with Crippen LogP contribution in [0.1, 0.15) is 30.7 Å². The van der Waals surface area contributed by atoms with Crippen molar-refractivity contribution < 1.29 is 9.53 Å². The van der Waals surface area contributed by atoms with Gasteiger partial charge in [-0.15, -0.1) is 0 Å². The van der Waals surface area contributed by atoms with Crippen molar-refractivity contribution in [3.8, 4) is 6.07 Å². The lowest BCUT2D eigenvalue weighted by Gasteiger charge is -2.28. The number of hydrogen-bond acceptors (Lipinski definition) is 5. The molecule has 0 aliphatic rings. The van der Waals surface area contributed by atoms with Crippen LogP contribution in [0.3, 0.4) is 0 Å². The van der Waals surface area contributed by atoms with E-state index >= 15 is 0 Å². The minimum atomic E-state index is -0.349. The van der Waals surface area contributed by atoms with Crippen molar-refractivity contribution in [1.82, 2.24) is 4.98 Å². The van der Waals surface area contributed by atoms with Gasteiger partial charge in [-0.2, -0.15) is 5.26 Å². The fraction of sp³-hybridized carbons (Fsp3) is 0.500. The van der Waals surface area contributed by atoms with E-state index in [-0.39, 0.29) is 18.6 Å². The number of aromatic nitrogens is 1. The molecule has 5 heteroatoms. The van der Waals surface area contributed by atoms with Gasteiger partial charge in [0.05, 0.1) is 12.7 Å². The van der Waals surface area contributed by atoms with Crippen LogP contribution in [-0.2, 0) is 9.53 Å². The molecule has 0 unspecified atom stereocenters. The molecule has 0 atom stereocenters. The van der Waals surface area contributed by atoms with E-state index in [2.05, 4.69) is 11.1 Å². The van der Waals surface area contributed by atoms with Crippen LogP contribution in [0.4, 0.5) is 5.82 Å². The van der Waals surface area contributed by atoms with E-state index in [1.54, 1.807) is 4.90 Å². The van der Waals surface area contributed by atoms with E-state index in [1.165, 1.54) is 7.11 Å². The minimum absolute atomic E-state index is 0.0416. The van der Waals surface area contributed by atoms with E-state index in [4.69, 9.17) is 4.74 Å². The summed E-state index contributed by atoms with van der Waals surface area (Å²) in [4.78, 5) is 17.7. The summed E-state index contributed by atoms with van der Waals surface area (Å²) in [6, 6.07) is 4.06. The van der Waals surface area contributed by atoms with Gasteiger partial charge in [0.1, 0.15) is 18.4 Å². The molecule has 5 nitrogen and oxygen atoms in total. The van der Waals surface area contributed by atoms with Crippen LogP contribution in [-0.4, -0.2) is 30.6 Å². The molecule has 1 rings (SSSR count). The number of carbonyl (C=O) groups is 1. The molecule has 0 spiro atoms. The van der Waals surface area contributed by atoms with Gasteiger partial charge in [-0.25, -0.2) is 4.98 Å². The number of anilines is 1. The Morgan fingerprint density at radius 2 is 2.16 bits per heavy atom. The van der Waals surface area contributed by atoms with Crippen molar-refractivity contribution in [3.05, 3.63) is 22.9 Å². The van der Waals surface area contributed by atoms with Gasteiger partial charge in [-0.05, 0) is 39.3 Å². The number of carbonyl (C=O) groups excluding carboxylic acids is 1. The predicted molar refractivity (Wildman–Crippen MR) is 72.9 cm³/mol. The maximum absolute atomic E-state index is 11.5. The molecule has 0 aromatic carbocycles. The van der Waals surface area contributed by atoms with E-state index in [0.717, 1.165) is 11.3 Å². The smallest absolute Gasteiger partial charge is 0.325 e. The highest BCUT2D eigenvalue weighted by Gasteiger charge is 2.21. The number of hydrogen-bond donors (Lipinski definition) is 0. The quantitative estimate of drug-likeness (QED) is 0.775. The van der Waals surface area contributed by atoms with Gasteiger partial charge in [-0.1, -0.05) is 0 Å². The van der Waals surface area contributed by atoms with Crippen molar-refractivity contribution in [3.63, 3.8) is 0 Å². The van der Waals surface area contributed by atoms with Gasteiger partial charge in [0.2, 0.25) is 0 Å². The Balaban J connectivity index is 3.30. The van der Waals surface area contributed by atoms with Crippen LogP contribution in [0.15, 0.2) is 6.07 Å². The van der Waals surface area contributed by atoms with Crippen molar-refractivity contribution in [2.45, 2.75) is 33.7 Å². The molecule has 0 radical (unpaired) electrons. The summed E-state index contributed by atoms with van der Waals surface area (Å²) in [5.41, 5.74) is 2.19. The Morgan fingerprint density at radius 1 is 1.53 bits per heavy atom. The largest absolute Gasteiger partial charge is 0.468 e. The van der Waals surface area contributed by atoms with Gasteiger partial charge in [0.25, 0.3) is 0 Å². The van der Waals surface area contributed by atoms with Gasteiger partial charge < -0.3 is 9.64 Å². The monoisotopic (exact) mass is 261 g/mol. The molecule has 0 saturated carbocycles. The van der Waals surface area contributed by atoms with Gasteiger partial charge >= 0.3 is 5.97 Å². The average Bonchev–Trinajstić information content (AvgIpc) is 2.34. The SMILES string of the molecule is COC(=O)CN(c1nc(C)cc(C)c1C#N)C(C)C. The Labute approximate surface area is 113 Å². The lowest BCUT2D eigenvalue weighted by atomic mass is 10.1. The van der Waals surface area contributed by atoms with E-state index in [0.29, 0.717) is 11.4 Å². The first kappa shape index (κ1) is 15.0. The molecule has 0 fully saturated rings. The number of rotatable bonds is 4. The lowest BCUT2D eigenvalue weighted by molar-refractivity contribution is -0.139. The highest BCUT2D eigenvalue weighted by atomic mass is 16.5. The third-order valence-electron chi connectivity index (χ3n) is 2.86. The third-order valence-corrected chi connectivity index (χ3v) is 2.86. The zero-order valence-corrected chi connectivity index (χ0v) is 12.0. The second-order valence-electron chi connectivity index (χ2n) is 4.69. The molecule has 0 aliphatic carbocycles. The van der Waals surface area contributed by atoms with Crippen molar-refractivity contribution in [1.29, 1.82) is 5.26 Å². The Kier molecular flexibility index (Phi) is 4.87. The summed E-state index contributed by atoms with van der Waals surface area (Å²) in [5, 5.41) is 9.28. The Bertz CT molecular complexity index is 518. The molecule has 0 saturated heterocycles. The topological polar surface area (TPSA) is 66.2 Å². The first-order valence-electron chi connectivity index (χ1n) is 6.12. The highest BCUT2D eigenvalue weighted by Crippen LogP contribution is 2.23. The fourth-order valence-electron chi connectivity index (χ4n) is 1.87. The molecule has 102 valence electrons. The number of aryl methyl sites for hydroxylation is 2. The van der Waals surface area contributed by atoms with Crippen LogP contribution in [0.2, 0.25) is 0 Å². The molecule has 1 aromatic rings. The number of esters is 1. The molecule has 1 heterocycles.